The number of hydrogen-bond donors (Lipinski definition) is 1. The van der Waals surface area contributed by atoms with Gasteiger partial charge in [0.05, 0.1) is 26.3 Å². The van der Waals surface area contributed by atoms with Crippen molar-refractivity contribution in [2.24, 2.45) is 0 Å². The number of methoxy groups -OCH3 is 2. The van der Waals surface area contributed by atoms with Crippen molar-refractivity contribution in [3.05, 3.63) is 41.3 Å². The second-order valence-corrected chi connectivity index (χ2v) is 6.76. The van der Waals surface area contributed by atoms with E-state index < -0.39 is 6.04 Å². The van der Waals surface area contributed by atoms with Crippen LogP contribution in [0.1, 0.15) is 29.9 Å². The molecular weight excluding hydrogens is 362 g/mol. The smallest absolute Gasteiger partial charge is 0.243 e. The van der Waals surface area contributed by atoms with Crippen LogP contribution in [0.5, 0.6) is 11.5 Å². The molecule has 1 aromatic carbocycles. The van der Waals surface area contributed by atoms with Crippen molar-refractivity contribution in [3.63, 3.8) is 0 Å². The van der Waals surface area contributed by atoms with Gasteiger partial charge in [0.1, 0.15) is 11.8 Å². The zero-order valence-electron chi connectivity index (χ0n) is 16.4. The molecule has 1 aliphatic rings. The summed E-state index contributed by atoms with van der Waals surface area (Å²) in [6, 6.07) is 6.76. The number of carbonyl (C=O) groups excluding carboxylic acids is 2. The summed E-state index contributed by atoms with van der Waals surface area (Å²) in [7, 11) is 3.14. The fraction of sp³-hybridized carbons (Fsp3) is 0.450. The number of carbonyl (C=O) groups is 2. The number of ether oxygens (including phenoxy) is 2. The number of rotatable bonds is 7. The minimum absolute atomic E-state index is 0.111. The zero-order valence-corrected chi connectivity index (χ0v) is 16.4. The van der Waals surface area contributed by atoms with Crippen LogP contribution in [0.4, 0.5) is 0 Å². The molecule has 1 aromatic heterocycles. The highest BCUT2D eigenvalue weighted by Gasteiger charge is 2.34. The fourth-order valence-corrected chi connectivity index (χ4v) is 3.39. The number of hydrogen-bond acceptors (Lipinski definition) is 6. The third-order valence-corrected chi connectivity index (χ3v) is 4.79. The van der Waals surface area contributed by atoms with Gasteiger partial charge in [0.25, 0.3) is 0 Å². The first-order chi connectivity index (χ1) is 13.5. The van der Waals surface area contributed by atoms with Crippen molar-refractivity contribution in [1.29, 1.82) is 0 Å². The number of amides is 2. The summed E-state index contributed by atoms with van der Waals surface area (Å²) in [4.78, 5) is 26.9. The second-order valence-electron chi connectivity index (χ2n) is 6.76. The number of benzene rings is 1. The van der Waals surface area contributed by atoms with Gasteiger partial charge in [-0.3, -0.25) is 9.59 Å². The van der Waals surface area contributed by atoms with Crippen molar-refractivity contribution < 1.29 is 23.6 Å². The molecule has 0 spiro atoms. The van der Waals surface area contributed by atoms with Crippen LogP contribution in [-0.2, 0) is 22.6 Å². The summed E-state index contributed by atoms with van der Waals surface area (Å²) in [5, 5.41) is 6.71. The first-order valence-corrected chi connectivity index (χ1v) is 9.22. The van der Waals surface area contributed by atoms with Gasteiger partial charge >= 0.3 is 0 Å². The highest BCUT2D eigenvalue weighted by Crippen LogP contribution is 2.27. The average molecular weight is 387 g/mol. The Balaban J connectivity index is 1.59. The molecule has 0 radical (unpaired) electrons. The van der Waals surface area contributed by atoms with Gasteiger partial charge in [0.15, 0.2) is 11.5 Å². The van der Waals surface area contributed by atoms with Crippen LogP contribution < -0.4 is 14.8 Å². The molecule has 150 valence electrons. The lowest BCUT2D eigenvalue weighted by Crippen LogP contribution is -2.46. The predicted molar refractivity (Wildman–Crippen MR) is 101 cm³/mol. The monoisotopic (exact) mass is 387 g/mol. The van der Waals surface area contributed by atoms with E-state index in [0.29, 0.717) is 36.8 Å². The van der Waals surface area contributed by atoms with Gasteiger partial charge in [-0.2, -0.15) is 0 Å². The first kappa shape index (κ1) is 19.7. The van der Waals surface area contributed by atoms with Crippen molar-refractivity contribution in [2.45, 2.75) is 38.8 Å². The van der Waals surface area contributed by atoms with E-state index in [2.05, 4.69) is 10.5 Å². The van der Waals surface area contributed by atoms with E-state index in [-0.39, 0.29) is 18.2 Å². The molecule has 1 fully saturated rings. The Labute approximate surface area is 163 Å². The maximum Gasteiger partial charge on any atom is 0.243 e. The van der Waals surface area contributed by atoms with Crippen molar-refractivity contribution in [2.75, 3.05) is 20.8 Å². The lowest BCUT2D eigenvalue weighted by molar-refractivity contribution is -0.138. The average Bonchev–Trinajstić information content (AvgIpc) is 3.34. The molecule has 3 rings (SSSR count). The van der Waals surface area contributed by atoms with E-state index in [1.807, 2.05) is 12.1 Å². The molecule has 1 atom stereocenters. The normalized spacial score (nSPS) is 16.1. The molecule has 28 heavy (non-hydrogen) atoms. The molecule has 8 heteroatoms. The van der Waals surface area contributed by atoms with Gasteiger partial charge in [0, 0.05) is 19.2 Å². The van der Waals surface area contributed by atoms with E-state index in [9.17, 15) is 9.59 Å². The summed E-state index contributed by atoms with van der Waals surface area (Å²) in [6.45, 7) is 2.72. The highest BCUT2D eigenvalue weighted by molar-refractivity contribution is 5.88. The Bertz CT molecular complexity index is 848. The van der Waals surface area contributed by atoms with Crippen molar-refractivity contribution in [1.82, 2.24) is 15.4 Å². The first-order valence-electron chi connectivity index (χ1n) is 9.22. The fourth-order valence-electron chi connectivity index (χ4n) is 3.39. The van der Waals surface area contributed by atoms with Crippen molar-refractivity contribution in [3.8, 4) is 11.5 Å². The Hall–Kier alpha value is -3.03. The Kier molecular flexibility index (Phi) is 6.18. The summed E-state index contributed by atoms with van der Waals surface area (Å²) >= 11 is 0. The minimum Gasteiger partial charge on any atom is -0.493 e. The Morgan fingerprint density at radius 1 is 1.25 bits per heavy atom. The van der Waals surface area contributed by atoms with E-state index in [1.54, 1.807) is 38.2 Å². The van der Waals surface area contributed by atoms with Gasteiger partial charge in [-0.05, 0) is 37.5 Å². The van der Waals surface area contributed by atoms with Crippen LogP contribution >= 0.6 is 0 Å². The number of nitrogens with zero attached hydrogens (tertiary/aromatic N) is 2. The molecule has 8 nitrogen and oxygen atoms in total. The van der Waals surface area contributed by atoms with Gasteiger partial charge in [-0.1, -0.05) is 11.2 Å². The van der Waals surface area contributed by atoms with E-state index in [0.717, 1.165) is 17.7 Å². The molecule has 0 aliphatic carbocycles. The predicted octanol–water partition coefficient (Wildman–Crippen LogP) is 1.85. The number of nitrogens with one attached hydrogen (secondary N) is 1. The maximum absolute atomic E-state index is 12.7. The number of likely N-dealkylation sites (tertiary alicyclic amines) is 1. The van der Waals surface area contributed by atoms with E-state index >= 15 is 0 Å². The van der Waals surface area contributed by atoms with Crippen LogP contribution in [0.3, 0.4) is 0 Å². The maximum atomic E-state index is 12.7. The van der Waals surface area contributed by atoms with Gasteiger partial charge < -0.3 is 24.2 Å². The van der Waals surface area contributed by atoms with E-state index in [1.165, 1.54) is 0 Å². The van der Waals surface area contributed by atoms with Crippen LogP contribution in [-0.4, -0.2) is 48.7 Å². The largest absolute Gasteiger partial charge is 0.493 e. The number of aromatic nitrogens is 1. The number of aryl methyl sites for hydroxylation is 1. The van der Waals surface area contributed by atoms with Crippen LogP contribution in [0.25, 0.3) is 0 Å². The van der Waals surface area contributed by atoms with Gasteiger partial charge in [-0.15, -0.1) is 0 Å². The highest BCUT2D eigenvalue weighted by atomic mass is 16.5. The topological polar surface area (TPSA) is 93.9 Å². The molecule has 1 saturated heterocycles. The van der Waals surface area contributed by atoms with Crippen LogP contribution in [0.15, 0.2) is 28.8 Å². The zero-order chi connectivity index (χ0) is 20.1. The molecule has 2 amide bonds. The minimum atomic E-state index is -0.461. The molecule has 1 unspecified atom stereocenters. The molecule has 2 aromatic rings. The van der Waals surface area contributed by atoms with Crippen LogP contribution in [0, 0.1) is 6.92 Å². The lowest BCUT2D eigenvalue weighted by atomic mass is 10.1. The Morgan fingerprint density at radius 3 is 2.71 bits per heavy atom. The third-order valence-electron chi connectivity index (χ3n) is 4.79. The molecule has 1 N–H and O–H groups in total. The summed E-state index contributed by atoms with van der Waals surface area (Å²) < 4.78 is 15.6. The second kappa shape index (κ2) is 8.77. The molecule has 1 aliphatic heterocycles. The Morgan fingerprint density at radius 2 is 2.04 bits per heavy atom. The van der Waals surface area contributed by atoms with Gasteiger partial charge in [-0.25, -0.2) is 0 Å². The quantitative estimate of drug-likeness (QED) is 0.779. The molecule has 2 heterocycles. The third kappa shape index (κ3) is 4.44. The SMILES string of the molecule is COc1ccc(CNC(=O)C2CCCN2C(=O)Cc2cc(C)no2)cc1OC. The summed E-state index contributed by atoms with van der Waals surface area (Å²) in [6.07, 6.45) is 1.56. The van der Waals surface area contributed by atoms with Crippen LogP contribution in [0.2, 0.25) is 0 Å². The van der Waals surface area contributed by atoms with E-state index in [4.69, 9.17) is 14.0 Å². The van der Waals surface area contributed by atoms with Crippen molar-refractivity contribution >= 4 is 11.8 Å². The lowest BCUT2D eigenvalue weighted by Gasteiger charge is -2.23. The molecular formula is C20H25N3O5. The summed E-state index contributed by atoms with van der Waals surface area (Å²) in [5.74, 6) is 1.47. The standard InChI is InChI=1S/C20H25N3O5/c1-13-9-15(28-22-13)11-19(24)23-8-4-5-16(23)20(25)21-12-14-6-7-17(26-2)18(10-14)27-3/h6-7,9-10,16H,4-5,8,11-12H2,1-3H3,(H,21,25). The van der Waals surface area contributed by atoms with Gasteiger partial charge in [0.2, 0.25) is 11.8 Å². The molecule has 0 bridgehead atoms. The molecule has 0 saturated carbocycles. The summed E-state index contributed by atoms with van der Waals surface area (Å²) in [5.41, 5.74) is 1.62.